The standard InChI is InChI=1S/C15H17NO2/c17-15(9-6-12-4-2-1-3-5-12)16-13-7-8-14(16)11-18-10-13/h1-6,9,13-14H,7-8,10-11H2/b9-6+/t13-,14+. The first kappa shape index (κ1) is 11.5. The lowest BCUT2D eigenvalue weighted by Crippen LogP contribution is -2.48. The van der Waals surface area contributed by atoms with Crippen LogP contribution in [0.25, 0.3) is 6.08 Å². The van der Waals surface area contributed by atoms with Gasteiger partial charge in [-0.05, 0) is 24.5 Å². The van der Waals surface area contributed by atoms with Gasteiger partial charge in [-0.15, -0.1) is 0 Å². The van der Waals surface area contributed by atoms with Crippen LogP contribution in [0.3, 0.4) is 0 Å². The number of ether oxygens (including phenoxy) is 1. The third kappa shape index (κ3) is 2.18. The number of carbonyl (C=O) groups excluding carboxylic acids is 1. The van der Waals surface area contributed by atoms with Crippen molar-refractivity contribution in [3.8, 4) is 0 Å². The van der Waals surface area contributed by atoms with Crippen molar-refractivity contribution in [3.63, 3.8) is 0 Å². The molecular formula is C15H17NO2. The Kier molecular flexibility index (Phi) is 3.15. The average Bonchev–Trinajstić information content (AvgIpc) is 2.67. The first-order chi connectivity index (χ1) is 8.84. The van der Waals surface area contributed by atoms with E-state index in [0.717, 1.165) is 18.4 Å². The molecule has 2 aliphatic heterocycles. The van der Waals surface area contributed by atoms with E-state index in [0.29, 0.717) is 13.2 Å². The number of hydrogen-bond donors (Lipinski definition) is 0. The molecule has 2 fully saturated rings. The van der Waals surface area contributed by atoms with Crippen molar-refractivity contribution in [2.45, 2.75) is 24.9 Å². The topological polar surface area (TPSA) is 29.5 Å². The zero-order valence-corrected chi connectivity index (χ0v) is 10.3. The van der Waals surface area contributed by atoms with Crippen LogP contribution < -0.4 is 0 Å². The molecule has 18 heavy (non-hydrogen) atoms. The van der Waals surface area contributed by atoms with Gasteiger partial charge in [0, 0.05) is 6.08 Å². The molecule has 0 aromatic heterocycles. The molecule has 0 radical (unpaired) electrons. The van der Waals surface area contributed by atoms with Crippen LogP contribution in [0, 0.1) is 0 Å². The molecular weight excluding hydrogens is 226 g/mol. The Morgan fingerprint density at radius 3 is 2.50 bits per heavy atom. The number of rotatable bonds is 2. The van der Waals surface area contributed by atoms with E-state index in [1.165, 1.54) is 0 Å². The second-order valence-corrected chi connectivity index (χ2v) is 4.91. The second kappa shape index (κ2) is 4.94. The highest BCUT2D eigenvalue weighted by atomic mass is 16.5. The molecule has 0 N–H and O–H groups in total. The van der Waals surface area contributed by atoms with Crippen LogP contribution in [0.1, 0.15) is 18.4 Å². The Morgan fingerprint density at radius 2 is 1.83 bits per heavy atom. The lowest BCUT2D eigenvalue weighted by atomic mass is 10.2. The molecule has 0 unspecified atom stereocenters. The van der Waals surface area contributed by atoms with Crippen LogP contribution in [0.4, 0.5) is 0 Å². The molecule has 0 saturated carbocycles. The van der Waals surface area contributed by atoms with Gasteiger partial charge >= 0.3 is 0 Å². The number of fused-ring (bicyclic) bond motifs is 2. The smallest absolute Gasteiger partial charge is 0.247 e. The summed E-state index contributed by atoms with van der Waals surface area (Å²) in [6.07, 6.45) is 5.73. The van der Waals surface area contributed by atoms with Crippen molar-refractivity contribution in [1.82, 2.24) is 4.90 Å². The van der Waals surface area contributed by atoms with Crippen molar-refractivity contribution in [2.75, 3.05) is 13.2 Å². The lowest BCUT2D eigenvalue weighted by molar-refractivity contribution is -0.135. The van der Waals surface area contributed by atoms with Crippen molar-refractivity contribution >= 4 is 12.0 Å². The third-order valence-corrected chi connectivity index (χ3v) is 3.71. The van der Waals surface area contributed by atoms with E-state index < -0.39 is 0 Å². The Bertz CT molecular complexity index is 439. The molecule has 3 heteroatoms. The quantitative estimate of drug-likeness (QED) is 0.744. The zero-order valence-electron chi connectivity index (χ0n) is 10.3. The maximum Gasteiger partial charge on any atom is 0.247 e. The summed E-state index contributed by atoms with van der Waals surface area (Å²) >= 11 is 0. The van der Waals surface area contributed by atoms with Crippen molar-refractivity contribution in [2.24, 2.45) is 0 Å². The molecule has 0 aliphatic carbocycles. The summed E-state index contributed by atoms with van der Waals surface area (Å²) in [5.41, 5.74) is 1.06. The third-order valence-electron chi connectivity index (χ3n) is 3.71. The fraction of sp³-hybridized carbons (Fsp3) is 0.400. The highest BCUT2D eigenvalue weighted by Crippen LogP contribution is 2.28. The van der Waals surface area contributed by atoms with Gasteiger partial charge < -0.3 is 9.64 Å². The van der Waals surface area contributed by atoms with Gasteiger partial charge in [-0.25, -0.2) is 0 Å². The predicted octanol–water partition coefficient (Wildman–Crippen LogP) is 2.09. The summed E-state index contributed by atoms with van der Waals surface area (Å²) in [5, 5.41) is 0. The molecule has 94 valence electrons. The highest BCUT2D eigenvalue weighted by molar-refractivity contribution is 5.92. The predicted molar refractivity (Wildman–Crippen MR) is 70.0 cm³/mol. The van der Waals surface area contributed by atoms with Gasteiger partial charge in [0.05, 0.1) is 25.3 Å². The number of amides is 1. The molecule has 2 aliphatic rings. The van der Waals surface area contributed by atoms with Gasteiger partial charge in [0.25, 0.3) is 0 Å². The number of hydrogen-bond acceptors (Lipinski definition) is 2. The molecule has 1 aromatic carbocycles. The van der Waals surface area contributed by atoms with E-state index in [-0.39, 0.29) is 18.0 Å². The minimum absolute atomic E-state index is 0.120. The maximum absolute atomic E-state index is 12.2. The number of nitrogens with zero attached hydrogens (tertiary/aromatic N) is 1. The van der Waals surface area contributed by atoms with Crippen LogP contribution >= 0.6 is 0 Å². The van der Waals surface area contributed by atoms with Gasteiger partial charge in [0.1, 0.15) is 0 Å². The van der Waals surface area contributed by atoms with Crippen molar-refractivity contribution in [3.05, 3.63) is 42.0 Å². The van der Waals surface area contributed by atoms with Crippen LogP contribution in [0.5, 0.6) is 0 Å². The summed E-state index contributed by atoms with van der Waals surface area (Å²) in [7, 11) is 0. The average molecular weight is 243 g/mol. The molecule has 3 nitrogen and oxygen atoms in total. The molecule has 2 heterocycles. The first-order valence-corrected chi connectivity index (χ1v) is 6.48. The van der Waals surface area contributed by atoms with Gasteiger partial charge in [-0.2, -0.15) is 0 Å². The van der Waals surface area contributed by atoms with E-state index in [2.05, 4.69) is 0 Å². The van der Waals surface area contributed by atoms with Crippen LogP contribution in [-0.2, 0) is 9.53 Å². The highest BCUT2D eigenvalue weighted by Gasteiger charge is 2.39. The summed E-state index contributed by atoms with van der Waals surface area (Å²) < 4.78 is 5.48. The number of benzene rings is 1. The first-order valence-electron chi connectivity index (χ1n) is 6.48. The van der Waals surface area contributed by atoms with Crippen LogP contribution in [0.15, 0.2) is 36.4 Å². The van der Waals surface area contributed by atoms with E-state index in [1.54, 1.807) is 6.08 Å². The van der Waals surface area contributed by atoms with E-state index in [9.17, 15) is 4.79 Å². The van der Waals surface area contributed by atoms with E-state index in [1.807, 2.05) is 41.3 Å². The molecule has 1 aromatic rings. The minimum Gasteiger partial charge on any atom is -0.377 e. The summed E-state index contributed by atoms with van der Waals surface area (Å²) in [6.45, 7) is 1.39. The number of carbonyl (C=O) groups is 1. The maximum atomic E-state index is 12.2. The molecule has 0 spiro atoms. The lowest BCUT2D eigenvalue weighted by Gasteiger charge is -2.33. The molecule has 2 atom stereocenters. The van der Waals surface area contributed by atoms with Crippen LogP contribution in [0.2, 0.25) is 0 Å². The summed E-state index contributed by atoms with van der Waals surface area (Å²) in [5.74, 6) is 0.120. The van der Waals surface area contributed by atoms with Gasteiger partial charge in [-0.3, -0.25) is 4.79 Å². The Hall–Kier alpha value is -1.61. The van der Waals surface area contributed by atoms with Crippen molar-refractivity contribution < 1.29 is 9.53 Å². The van der Waals surface area contributed by atoms with E-state index in [4.69, 9.17) is 4.74 Å². The SMILES string of the molecule is O=C(/C=C/c1ccccc1)N1[C@@H]2CC[C@H]1COC2. The second-order valence-electron chi connectivity index (χ2n) is 4.91. The fourth-order valence-electron chi connectivity index (χ4n) is 2.81. The minimum atomic E-state index is 0.120. The van der Waals surface area contributed by atoms with Crippen molar-refractivity contribution in [1.29, 1.82) is 0 Å². The monoisotopic (exact) mass is 243 g/mol. The molecule has 1 amide bonds. The van der Waals surface area contributed by atoms with Crippen LogP contribution in [-0.4, -0.2) is 36.1 Å². The number of morpholine rings is 1. The molecule has 2 saturated heterocycles. The molecule has 2 bridgehead atoms. The van der Waals surface area contributed by atoms with Gasteiger partial charge in [0.2, 0.25) is 5.91 Å². The summed E-state index contributed by atoms with van der Waals surface area (Å²) in [6, 6.07) is 10.5. The normalized spacial score (nSPS) is 26.8. The Labute approximate surface area is 107 Å². The zero-order chi connectivity index (χ0) is 12.4. The summed E-state index contributed by atoms with van der Waals surface area (Å²) in [4.78, 5) is 14.2. The van der Waals surface area contributed by atoms with Gasteiger partial charge in [0.15, 0.2) is 0 Å². The Morgan fingerprint density at radius 1 is 1.17 bits per heavy atom. The van der Waals surface area contributed by atoms with Gasteiger partial charge in [-0.1, -0.05) is 30.3 Å². The molecule has 3 rings (SSSR count). The largest absolute Gasteiger partial charge is 0.377 e. The Balaban J connectivity index is 1.70. The fourth-order valence-corrected chi connectivity index (χ4v) is 2.81. The van der Waals surface area contributed by atoms with E-state index >= 15 is 0 Å².